The van der Waals surface area contributed by atoms with Gasteiger partial charge in [0.05, 0.1) is 0 Å². The van der Waals surface area contributed by atoms with E-state index in [1.165, 1.54) is 50.8 Å². The van der Waals surface area contributed by atoms with E-state index in [4.69, 9.17) is 0 Å². The first-order valence-corrected chi connectivity index (χ1v) is 8.66. The van der Waals surface area contributed by atoms with Gasteiger partial charge in [-0.05, 0) is 62.4 Å². The van der Waals surface area contributed by atoms with Crippen molar-refractivity contribution >= 4 is 0 Å². The van der Waals surface area contributed by atoms with Gasteiger partial charge in [0.25, 0.3) is 0 Å². The summed E-state index contributed by atoms with van der Waals surface area (Å²) in [5.74, 6) is 0. The lowest BCUT2D eigenvalue weighted by atomic mass is 9.76. The first-order chi connectivity index (χ1) is 10.2. The molecule has 1 aliphatic carbocycles. The van der Waals surface area contributed by atoms with E-state index in [1.54, 1.807) is 5.56 Å². The van der Waals surface area contributed by atoms with Crippen LogP contribution in [0.5, 0.6) is 0 Å². The topological polar surface area (TPSA) is 15.3 Å². The van der Waals surface area contributed by atoms with Gasteiger partial charge < -0.3 is 5.32 Å². The Morgan fingerprint density at radius 2 is 1.95 bits per heavy atom. The van der Waals surface area contributed by atoms with E-state index < -0.39 is 0 Å². The number of likely N-dealkylation sites (tertiary alicyclic amines) is 1. The Morgan fingerprint density at radius 3 is 2.62 bits per heavy atom. The highest BCUT2D eigenvalue weighted by atomic mass is 15.2. The molecule has 2 unspecified atom stereocenters. The van der Waals surface area contributed by atoms with E-state index in [2.05, 4.69) is 55.4 Å². The largest absolute Gasteiger partial charge is 0.312 e. The molecule has 1 aliphatic heterocycles. The molecular formula is C19H30N2. The second-order valence-electron chi connectivity index (χ2n) is 7.27. The average molecular weight is 286 g/mol. The van der Waals surface area contributed by atoms with Crippen LogP contribution in [0.1, 0.15) is 56.7 Å². The molecule has 3 rings (SSSR count). The van der Waals surface area contributed by atoms with Crippen molar-refractivity contribution in [2.24, 2.45) is 5.41 Å². The third kappa shape index (κ3) is 2.89. The molecule has 1 aromatic rings. The van der Waals surface area contributed by atoms with Gasteiger partial charge in [0, 0.05) is 12.1 Å². The van der Waals surface area contributed by atoms with Gasteiger partial charge in [0.2, 0.25) is 0 Å². The van der Waals surface area contributed by atoms with Crippen molar-refractivity contribution in [3.63, 3.8) is 0 Å². The standard InChI is InChI=1S/C19H30N2/c1-4-19(2)11-13-21(14-12-19)17-10-9-15-7-5-6-8-16(15)18(17)20-3/h5-8,17-18,20H,4,9-14H2,1-3H3. The van der Waals surface area contributed by atoms with Crippen LogP contribution >= 0.6 is 0 Å². The molecule has 21 heavy (non-hydrogen) atoms. The summed E-state index contributed by atoms with van der Waals surface area (Å²) in [6.45, 7) is 7.36. The number of rotatable bonds is 3. The summed E-state index contributed by atoms with van der Waals surface area (Å²) in [7, 11) is 2.12. The summed E-state index contributed by atoms with van der Waals surface area (Å²) in [6.07, 6.45) is 6.58. The van der Waals surface area contributed by atoms with Gasteiger partial charge >= 0.3 is 0 Å². The fourth-order valence-corrected chi connectivity index (χ4v) is 4.23. The van der Waals surface area contributed by atoms with Crippen LogP contribution in [0.3, 0.4) is 0 Å². The number of piperidine rings is 1. The van der Waals surface area contributed by atoms with Crippen molar-refractivity contribution in [1.29, 1.82) is 0 Å². The number of fused-ring (bicyclic) bond motifs is 1. The lowest BCUT2D eigenvalue weighted by Gasteiger charge is -2.46. The minimum absolute atomic E-state index is 0.501. The number of nitrogens with one attached hydrogen (secondary N) is 1. The van der Waals surface area contributed by atoms with Crippen molar-refractivity contribution < 1.29 is 0 Å². The summed E-state index contributed by atoms with van der Waals surface area (Å²) in [5.41, 5.74) is 3.65. The molecule has 0 amide bonds. The Morgan fingerprint density at radius 1 is 1.24 bits per heavy atom. The van der Waals surface area contributed by atoms with E-state index in [9.17, 15) is 0 Å². The Balaban J connectivity index is 1.75. The Bertz CT molecular complexity index is 474. The number of hydrogen-bond donors (Lipinski definition) is 1. The average Bonchev–Trinajstić information content (AvgIpc) is 2.54. The molecule has 2 heteroatoms. The molecule has 0 spiro atoms. The molecule has 116 valence electrons. The second kappa shape index (κ2) is 6.10. The molecule has 2 nitrogen and oxygen atoms in total. The van der Waals surface area contributed by atoms with Crippen LogP contribution in [0.25, 0.3) is 0 Å². The van der Waals surface area contributed by atoms with Gasteiger partial charge in [-0.3, -0.25) is 4.90 Å². The summed E-state index contributed by atoms with van der Waals surface area (Å²) < 4.78 is 0. The van der Waals surface area contributed by atoms with E-state index >= 15 is 0 Å². The minimum atomic E-state index is 0.501. The van der Waals surface area contributed by atoms with Gasteiger partial charge in [-0.1, -0.05) is 44.5 Å². The molecule has 0 saturated carbocycles. The number of likely N-dealkylation sites (N-methyl/N-ethyl adjacent to an activating group) is 1. The van der Waals surface area contributed by atoms with E-state index in [0.717, 1.165) is 0 Å². The van der Waals surface area contributed by atoms with Gasteiger partial charge in [-0.15, -0.1) is 0 Å². The van der Waals surface area contributed by atoms with E-state index in [1.807, 2.05) is 0 Å². The molecule has 2 atom stereocenters. The summed E-state index contributed by atoms with van der Waals surface area (Å²) in [6, 6.07) is 10.2. The molecule has 1 saturated heterocycles. The van der Waals surface area contributed by atoms with Crippen molar-refractivity contribution in [3.05, 3.63) is 35.4 Å². The molecule has 1 fully saturated rings. The van der Waals surface area contributed by atoms with E-state index in [-0.39, 0.29) is 0 Å². The summed E-state index contributed by atoms with van der Waals surface area (Å²) in [5, 5.41) is 3.60. The molecule has 1 N–H and O–H groups in total. The Kier molecular flexibility index (Phi) is 4.37. The van der Waals surface area contributed by atoms with Crippen molar-refractivity contribution in [2.75, 3.05) is 20.1 Å². The number of hydrogen-bond acceptors (Lipinski definition) is 2. The normalized spacial score (nSPS) is 29.1. The Hall–Kier alpha value is -0.860. The predicted molar refractivity (Wildman–Crippen MR) is 89.6 cm³/mol. The van der Waals surface area contributed by atoms with Crippen LogP contribution in [-0.4, -0.2) is 31.1 Å². The predicted octanol–water partition coefficient (Wildman–Crippen LogP) is 3.77. The van der Waals surface area contributed by atoms with Crippen LogP contribution in [0.2, 0.25) is 0 Å². The lowest BCUT2D eigenvalue weighted by Crippen LogP contribution is -2.50. The van der Waals surface area contributed by atoms with E-state index in [0.29, 0.717) is 17.5 Å². The third-order valence-corrected chi connectivity index (χ3v) is 6.12. The lowest BCUT2D eigenvalue weighted by molar-refractivity contribution is 0.0588. The number of aryl methyl sites for hydroxylation is 1. The van der Waals surface area contributed by atoms with Crippen molar-refractivity contribution in [1.82, 2.24) is 10.2 Å². The molecule has 2 aliphatic rings. The first kappa shape index (κ1) is 15.1. The van der Waals surface area contributed by atoms with Crippen LogP contribution < -0.4 is 5.32 Å². The van der Waals surface area contributed by atoms with Gasteiger partial charge in [-0.2, -0.15) is 0 Å². The zero-order valence-electron chi connectivity index (χ0n) is 13.9. The maximum absolute atomic E-state index is 3.60. The minimum Gasteiger partial charge on any atom is -0.312 e. The smallest absolute Gasteiger partial charge is 0.0478 e. The highest BCUT2D eigenvalue weighted by molar-refractivity contribution is 5.34. The van der Waals surface area contributed by atoms with Crippen molar-refractivity contribution in [2.45, 2.75) is 58.0 Å². The first-order valence-electron chi connectivity index (χ1n) is 8.66. The van der Waals surface area contributed by atoms with Gasteiger partial charge in [0.15, 0.2) is 0 Å². The van der Waals surface area contributed by atoms with Crippen LogP contribution in [0, 0.1) is 5.41 Å². The van der Waals surface area contributed by atoms with Crippen LogP contribution in [0.15, 0.2) is 24.3 Å². The second-order valence-corrected chi connectivity index (χ2v) is 7.27. The fraction of sp³-hybridized carbons (Fsp3) is 0.684. The van der Waals surface area contributed by atoms with Crippen LogP contribution in [0.4, 0.5) is 0 Å². The number of benzene rings is 1. The molecule has 1 heterocycles. The molecule has 1 aromatic carbocycles. The zero-order chi connectivity index (χ0) is 14.9. The molecule has 0 aromatic heterocycles. The molecule has 0 radical (unpaired) electrons. The summed E-state index contributed by atoms with van der Waals surface area (Å²) >= 11 is 0. The van der Waals surface area contributed by atoms with Crippen molar-refractivity contribution in [3.8, 4) is 0 Å². The number of nitrogens with zero attached hydrogens (tertiary/aromatic N) is 1. The highest BCUT2D eigenvalue weighted by Crippen LogP contribution is 2.39. The zero-order valence-corrected chi connectivity index (χ0v) is 13.9. The summed E-state index contributed by atoms with van der Waals surface area (Å²) in [4.78, 5) is 2.76. The quantitative estimate of drug-likeness (QED) is 0.910. The fourth-order valence-electron chi connectivity index (χ4n) is 4.23. The molecular weight excluding hydrogens is 256 g/mol. The maximum atomic E-state index is 3.60. The maximum Gasteiger partial charge on any atom is 0.0478 e. The Labute approximate surface area is 129 Å². The monoisotopic (exact) mass is 286 g/mol. The highest BCUT2D eigenvalue weighted by Gasteiger charge is 2.36. The van der Waals surface area contributed by atoms with Crippen LogP contribution in [-0.2, 0) is 6.42 Å². The van der Waals surface area contributed by atoms with Gasteiger partial charge in [0.1, 0.15) is 0 Å². The van der Waals surface area contributed by atoms with Gasteiger partial charge in [-0.25, -0.2) is 0 Å². The SMILES string of the molecule is CCC1(C)CCN(C2CCc3ccccc3C2NC)CC1. The molecule has 0 bridgehead atoms. The third-order valence-electron chi connectivity index (χ3n) is 6.12.